The molecule has 0 bridgehead atoms. The molecule has 1 aromatic carbocycles. The van der Waals surface area contributed by atoms with Gasteiger partial charge in [-0.3, -0.25) is 4.79 Å². The van der Waals surface area contributed by atoms with Crippen molar-refractivity contribution in [1.82, 2.24) is 14.5 Å². The molecule has 2 aliphatic heterocycles. The van der Waals surface area contributed by atoms with Gasteiger partial charge in [0.25, 0.3) is 0 Å². The lowest BCUT2D eigenvalue weighted by atomic mass is 9.95. The Morgan fingerprint density at radius 2 is 1.41 bits per heavy atom. The minimum absolute atomic E-state index is 0.0972. The van der Waals surface area contributed by atoms with Crippen LogP contribution in [0.5, 0.6) is 0 Å². The summed E-state index contributed by atoms with van der Waals surface area (Å²) in [5.74, 6) is 0.110. The van der Waals surface area contributed by atoms with Gasteiger partial charge >= 0.3 is 0 Å². The van der Waals surface area contributed by atoms with Crippen LogP contribution in [0.2, 0.25) is 0 Å². The van der Waals surface area contributed by atoms with Crippen LogP contribution in [0, 0.1) is 34.6 Å². The van der Waals surface area contributed by atoms with Crippen LogP contribution >= 0.6 is 0 Å². The molecule has 1 aromatic rings. The standard InChI is InChI=1S/C20H31N3O3S/c1-13-14(2)16(4)19(17(5)15(13)3)27(25,26)23-11-9-22(10-12-23)20(24)18-7-6-8-21-18/h18,21H,6-12H2,1-5H3. The number of sulfonamides is 1. The van der Waals surface area contributed by atoms with Gasteiger partial charge in [0.15, 0.2) is 0 Å². The van der Waals surface area contributed by atoms with E-state index in [9.17, 15) is 13.2 Å². The number of benzene rings is 1. The van der Waals surface area contributed by atoms with Gasteiger partial charge in [0.1, 0.15) is 0 Å². The van der Waals surface area contributed by atoms with Gasteiger partial charge in [-0.25, -0.2) is 8.42 Å². The number of hydrogen-bond acceptors (Lipinski definition) is 4. The average Bonchev–Trinajstić information content (AvgIpc) is 3.19. The van der Waals surface area contributed by atoms with Crippen molar-refractivity contribution in [3.8, 4) is 0 Å². The maximum absolute atomic E-state index is 13.4. The van der Waals surface area contributed by atoms with Crippen LogP contribution in [0.15, 0.2) is 4.90 Å². The highest BCUT2D eigenvalue weighted by molar-refractivity contribution is 7.89. The Hall–Kier alpha value is -1.44. The van der Waals surface area contributed by atoms with Crippen LogP contribution in [0.4, 0.5) is 0 Å². The molecule has 1 N–H and O–H groups in total. The highest BCUT2D eigenvalue weighted by Crippen LogP contribution is 2.32. The van der Waals surface area contributed by atoms with Crippen molar-refractivity contribution in [2.45, 2.75) is 58.4 Å². The largest absolute Gasteiger partial charge is 0.339 e. The summed E-state index contributed by atoms with van der Waals surface area (Å²) in [7, 11) is -3.57. The van der Waals surface area contributed by atoms with Crippen LogP contribution in [-0.4, -0.2) is 62.3 Å². The molecular weight excluding hydrogens is 362 g/mol. The minimum Gasteiger partial charge on any atom is -0.339 e. The number of piperazine rings is 1. The van der Waals surface area contributed by atoms with E-state index in [-0.39, 0.29) is 11.9 Å². The first-order valence-electron chi connectivity index (χ1n) is 9.75. The summed E-state index contributed by atoms with van der Waals surface area (Å²) in [5.41, 5.74) is 4.91. The van der Waals surface area contributed by atoms with Crippen molar-refractivity contribution in [1.29, 1.82) is 0 Å². The molecule has 150 valence electrons. The third kappa shape index (κ3) is 3.52. The van der Waals surface area contributed by atoms with Gasteiger partial charge in [-0.05, 0) is 81.8 Å². The smallest absolute Gasteiger partial charge is 0.243 e. The first-order valence-corrected chi connectivity index (χ1v) is 11.2. The van der Waals surface area contributed by atoms with Gasteiger partial charge in [-0.15, -0.1) is 0 Å². The van der Waals surface area contributed by atoms with E-state index in [1.165, 1.54) is 0 Å². The molecule has 7 heteroatoms. The molecule has 1 atom stereocenters. The topological polar surface area (TPSA) is 69.7 Å². The van der Waals surface area contributed by atoms with Crippen LogP contribution < -0.4 is 5.32 Å². The fourth-order valence-electron chi connectivity index (χ4n) is 4.25. The van der Waals surface area contributed by atoms with Crippen molar-refractivity contribution in [2.75, 3.05) is 32.7 Å². The average molecular weight is 394 g/mol. The van der Waals surface area contributed by atoms with Crippen LogP contribution in [0.3, 0.4) is 0 Å². The summed E-state index contributed by atoms with van der Waals surface area (Å²) in [6, 6.07) is -0.0972. The van der Waals surface area contributed by atoms with Gasteiger partial charge < -0.3 is 10.2 Å². The summed E-state index contributed by atoms with van der Waals surface area (Å²) in [6.45, 7) is 12.3. The molecule has 2 fully saturated rings. The molecule has 0 aliphatic carbocycles. The Morgan fingerprint density at radius 1 is 0.889 bits per heavy atom. The van der Waals surface area contributed by atoms with Gasteiger partial charge in [0, 0.05) is 26.2 Å². The monoisotopic (exact) mass is 393 g/mol. The second-order valence-electron chi connectivity index (χ2n) is 7.83. The molecule has 2 heterocycles. The zero-order chi connectivity index (χ0) is 19.9. The molecular formula is C20H31N3O3S. The van der Waals surface area contributed by atoms with E-state index in [0.717, 1.165) is 47.2 Å². The Bertz CT molecular complexity index is 821. The second kappa shape index (κ2) is 7.53. The van der Waals surface area contributed by atoms with Gasteiger partial charge in [0.2, 0.25) is 15.9 Å². The minimum atomic E-state index is -3.57. The predicted octanol–water partition coefficient (Wildman–Crippen LogP) is 1.81. The Balaban J connectivity index is 1.81. The fraction of sp³-hybridized carbons (Fsp3) is 0.650. The molecule has 0 spiro atoms. The van der Waals surface area contributed by atoms with E-state index >= 15 is 0 Å². The molecule has 0 saturated carbocycles. The zero-order valence-corrected chi connectivity index (χ0v) is 17.9. The van der Waals surface area contributed by atoms with Crippen molar-refractivity contribution in [3.63, 3.8) is 0 Å². The number of nitrogens with one attached hydrogen (secondary N) is 1. The number of carbonyl (C=O) groups is 1. The first-order chi connectivity index (χ1) is 12.7. The van der Waals surface area contributed by atoms with Crippen LogP contribution in [0.1, 0.15) is 40.7 Å². The number of rotatable bonds is 3. The maximum atomic E-state index is 13.4. The molecule has 2 saturated heterocycles. The number of carbonyl (C=O) groups excluding carboxylic acids is 1. The fourth-order valence-corrected chi connectivity index (χ4v) is 6.23. The van der Waals surface area contributed by atoms with Gasteiger partial charge in [0.05, 0.1) is 10.9 Å². The molecule has 0 aromatic heterocycles. The summed E-state index contributed by atoms with van der Waals surface area (Å²) < 4.78 is 28.3. The van der Waals surface area contributed by atoms with E-state index in [1.807, 2.05) is 34.6 Å². The van der Waals surface area contributed by atoms with Crippen LogP contribution in [0.25, 0.3) is 0 Å². The Morgan fingerprint density at radius 3 is 1.89 bits per heavy atom. The van der Waals surface area contributed by atoms with E-state index in [2.05, 4.69) is 5.32 Å². The summed E-state index contributed by atoms with van der Waals surface area (Å²) >= 11 is 0. The zero-order valence-electron chi connectivity index (χ0n) is 17.1. The molecule has 2 aliphatic rings. The van der Waals surface area contributed by atoms with Crippen molar-refractivity contribution in [3.05, 3.63) is 27.8 Å². The SMILES string of the molecule is Cc1c(C)c(C)c(S(=O)(=O)N2CCN(C(=O)C3CCCN3)CC2)c(C)c1C. The number of amides is 1. The van der Waals surface area contributed by atoms with Crippen molar-refractivity contribution >= 4 is 15.9 Å². The van der Waals surface area contributed by atoms with Gasteiger partial charge in [-0.1, -0.05) is 0 Å². The number of nitrogens with zero attached hydrogens (tertiary/aromatic N) is 2. The third-order valence-corrected chi connectivity index (χ3v) is 8.61. The maximum Gasteiger partial charge on any atom is 0.243 e. The highest BCUT2D eigenvalue weighted by atomic mass is 32.2. The van der Waals surface area contributed by atoms with Crippen molar-refractivity contribution in [2.24, 2.45) is 0 Å². The van der Waals surface area contributed by atoms with E-state index in [4.69, 9.17) is 0 Å². The highest BCUT2D eigenvalue weighted by Gasteiger charge is 2.35. The lowest BCUT2D eigenvalue weighted by Crippen LogP contribution is -2.54. The first kappa shape index (κ1) is 20.3. The van der Waals surface area contributed by atoms with Gasteiger partial charge in [-0.2, -0.15) is 4.31 Å². The quantitative estimate of drug-likeness (QED) is 0.850. The molecule has 1 amide bonds. The Labute approximate surface area is 163 Å². The molecule has 0 radical (unpaired) electrons. The predicted molar refractivity (Wildman–Crippen MR) is 106 cm³/mol. The van der Waals surface area contributed by atoms with E-state index in [1.54, 1.807) is 9.21 Å². The van der Waals surface area contributed by atoms with E-state index in [0.29, 0.717) is 31.1 Å². The molecule has 6 nitrogen and oxygen atoms in total. The van der Waals surface area contributed by atoms with E-state index < -0.39 is 10.0 Å². The number of hydrogen-bond donors (Lipinski definition) is 1. The summed E-state index contributed by atoms with van der Waals surface area (Å²) in [4.78, 5) is 14.8. The Kier molecular flexibility index (Phi) is 5.66. The molecule has 3 rings (SSSR count). The third-order valence-electron chi connectivity index (χ3n) is 6.44. The summed E-state index contributed by atoms with van der Waals surface area (Å²) in [5, 5.41) is 3.23. The molecule has 1 unspecified atom stereocenters. The molecule has 27 heavy (non-hydrogen) atoms. The lowest BCUT2D eigenvalue weighted by molar-refractivity contribution is -0.134. The second-order valence-corrected chi connectivity index (χ2v) is 9.71. The summed E-state index contributed by atoms with van der Waals surface area (Å²) in [6.07, 6.45) is 1.90. The van der Waals surface area contributed by atoms with Crippen molar-refractivity contribution < 1.29 is 13.2 Å². The lowest BCUT2D eigenvalue weighted by Gasteiger charge is -2.36. The van der Waals surface area contributed by atoms with Crippen LogP contribution in [-0.2, 0) is 14.8 Å². The normalized spacial score (nSPS) is 21.7.